The van der Waals surface area contributed by atoms with Gasteiger partial charge in [0.05, 0.1) is 23.8 Å². The summed E-state index contributed by atoms with van der Waals surface area (Å²) in [5, 5.41) is 26.8. The monoisotopic (exact) mass is 445 g/mol. The number of para-hydroxylation sites is 2. The Kier molecular flexibility index (Phi) is 5.25. The molecule has 0 saturated heterocycles. The highest BCUT2D eigenvalue weighted by atomic mass is 35.5. The summed E-state index contributed by atoms with van der Waals surface area (Å²) in [5.74, 6) is 0. The number of aliphatic hydroxyl groups is 1. The van der Waals surface area contributed by atoms with Gasteiger partial charge in [-0.2, -0.15) is 5.10 Å². The molecule has 152 valence electrons. The van der Waals surface area contributed by atoms with Crippen LogP contribution in [0.25, 0.3) is 16.7 Å². The van der Waals surface area contributed by atoms with Gasteiger partial charge in [-0.3, -0.25) is 19.5 Å². The third kappa shape index (κ3) is 3.54. The SMILES string of the molecule is O=c1c2cnn(-c3ccccc3[N+](=O)[O-])c2ncn1CC(O)c1cc(Cl)ccc1Cl. The van der Waals surface area contributed by atoms with Crippen molar-refractivity contribution in [2.24, 2.45) is 0 Å². The Bertz CT molecular complexity index is 1330. The van der Waals surface area contributed by atoms with Crippen molar-refractivity contribution in [1.29, 1.82) is 0 Å². The number of hydrogen-bond acceptors (Lipinski definition) is 6. The smallest absolute Gasteiger partial charge is 0.294 e. The highest BCUT2D eigenvalue weighted by Crippen LogP contribution is 2.27. The number of aliphatic hydroxyl groups excluding tert-OH is 1. The van der Waals surface area contributed by atoms with E-state index in [0.717, 1.165) is 0 Å². The Balaban J connectivity index is 1.74. The summed E-state index contributed by atoms with van der Waals surface area (Å²) in [6, 6.07) is 10.7. The molecule has 2 aromatic carbocycles. The van der Waals surface area contributed by atoms with Crippen LogP contribution in [-0.4, -0.2) is 29.4 Å². The predicted molar refractivity (Wildman–Crippen MR) is 111 cm³/mol. The summed E-state index contributed by atoms with van der Waals surface area (Å²) < 4.78 is 2.46. The molecule has 0 fully saturated rings. The van der Waals surface area contributed by atoms with Crippen molar-refractivity contribution in [3.05, 3.63) is 91.1 Å². The molecule has 0 saturated carbocycles. The molecular weight excluding hydrogens is 433 g/mol. The van der Waals surface area contributed by atoms with Crippen LogP contribution >= 0.6 is 23.2 Å². The molecule has 4 aromatic rings. The third-order valence-electron chi connectivity index (χ3n) is 4.55. The summed E-state index contributed by atoms with van der Waals surface area (Å²) in [4.78, 5) is 27.9. The van der Waals surface area contributed by atoms with Crippen LogP contribution in [0.1, 0.15) is 11.7 Å². The first kappa shape index (κ1) is 20.0. The van der Waals surface area contributed by atoms with Gasteiger partial charge in [0.25, 0.3) is 11.2 Å². The average molecular weight is 446 g/mol. The predicted octanol–water partition coefficient (Wildman–Crippen LogP) is 3.53. The molecule has 0 radical (unpaired) electrons. The van der Waals surface area contributed by atoms with Crippen molar-refractivity contribution in [1.82, 2.24) is 19.3 Å². The van der Waals surface area contributed by atoms with Crippen LogP contribution in [0.4, 0.5) is 5.69 Å². The van der Waals surface area contributed by atoms with Crippen molar-refractivity contribution in [3.8, 4) is 5.69 Å². The van der Waals surface area contributed by atoms with Gasteiger partial charge in [0.1, 0.15) is 17.4 Å². The van der Waals surface area contributed by atoms with Gasteiger partial charge in [-0.05, 0) is 24.3 Å². The third-order valence-corrected chi connectivity index (χ3v) is 5.13. The molecule has 0 aliphatic rings. The lowest BCUT2D eigenvalue weighted by Crippen LogP contribution is -2.24. The molecule has 0 aliphatic carbocycles. The maximum absolute atomic E-state index is 12.9. The maximum atomic E-state index is 12.9. The number of fused-ring (bicyclic) bond motifs is 1. The second kappa shape index (κ2) is 7.86. The fraction of sp³-hybridized carbons (Fsp3) is 0.105. The van der Waals surface area contributed by atoms with Gasteiger partial charge >= 0.3 is 0 Å². The van der Waals surface area contributed by atoms with E-state index in [2.05, 4.69) is 10.1 Å². The van der Waals surface area contributed by atoms with E-state index in [-0.39, 0.29) is 29.0 Å². The Morgan fingerprint density at radius 1 is 1.20 bits per heavy atom. The lowest BCUT2D eigenvalue weighted by atomic mass is 10.1. The minimum Gasteiger partial charge on any atom is -0.386 e. The Labute approximate surface area is 178 Å². The number of rotatable bonds is 5. The van der Waals surface area contributed by atoms with E-state index in [1.54, 1.807) is 18.2 Å². The van der Waals surface area contributed by atoms with Gasteiger partial charge in [0, 0.05) is 21.7 Å². The number of nitro benzene ring substituents is 1. The zero-order chi connectivity index (χ0) is 21.4. The van der Waals surface area contributed by atoms with E-state index in [9.17, 15) is 20.0 Å². The zero-order valence-corrected chi connectivity index (χ0v) is 16.7. The van der Waals surface area contributed by atoms with E-state index in [4.69, 9.17) is 23.2 Å². The number of halogens is 2. The maximum Gasteiger partial charge on any atom is 0.294 e. The molecule has 9 nitrogen and oxygen atoms in total. The summed E-state index contributed by atoms with van der Waals surface area (Å²) in [6.45, 7) is -0.113. The Morgan fingerprint density at radius 3 is 2.73 bits per heavy atom. The van der Waals surface area contributed by atoms with Crippen molar-refractivity contribution < 1.29 is 10.0 Å². The van der Waals surface area contributed by atoms with Gasteiger partial charge < -0.3 is 5.11 Å². The Morgan fingerprint density at radius 2 is 1.97 bits per heavy atom. The summed E-state index contributed by atoms with van der Waals surface area (Å²) in [7, 11) is 0. The lowest BCUT2D eigenvalue weighted by molar-refractivity contribution is -0.384. The number of nitrogens with zero attached hydrogens (tertiary/aromatic N) is 5. The molecule has 0 bridgehead atoms. The highest BCUT2D eigenvalue weighted by Gasteiger charge is 2.20. The molecule has 1 N–H and O–H groups in total. The van der Waals surface area contributed by atoms with Crippen LogP contribution in [0.5, 0.6) is 0 Å². The zero-order valence-electron chi connectivity index (χ0n) is 15.1. The number of nitro groups is 1. The fourth-order valence-electron chi connectivity index (χ4n) is 3.11. The van der Waals surface area contributed by atoms with Crippen LogP contribution in [-0.2, 0) is 6.54 Å². The second-order valence-corrected chi connectivity index (χ2v) is 7.27. The topological polar surface area (TPSA) is 116 Å². The van der Waals surface area contributed by atoms with E-state index in [1.165, 1.54) is 46.0 Å². The van der Waals surface area contributed by atoms with Crippen LogP contribution in [0.2, 0.25) is 10.0 Å². The molecule has 4 rings (SSSR count). The normalized spacial score (nSPS) is 12.2. The molecule has 0 amide bonds. The van der Waals surface area contributed by atoms with E-state index >= 15 is 0 Å². The van der Waals surface area contributed by atoms with E-state index in [1.807, 2.05) is 0 Å². The van der Waals surface area contributed by atoms with Gasteiger partial charge in [-0.15, -0.1) is 0 Å². The molecular formula is C19H13Cl2N5O4. The van der Waals surface area contributed by atoms with Crippen molar-refractivity contribution in [2.75, 3.05) is 0 Å². The Hall–Kier alpha value is -3.27. The number of aromatic nitrogens is 4. The molecule has 2 aromatic heterocycles. The average Bonchev–Trinajstić information content (AvgIpc) is 3.16. The second-order valence-electron chi connectivity index (χ2n) is 6.42. The molecule has 2 heterocycles. The minimum absolute atomic E-state index is 0.113. The lowest BCUT2D eigenvalue weighted by Gasteiger charge is -2.14. The quantitative estimate of drug-likeness (QED) is 0.370. The van der Waals surface area contributed by atoms with Crippen molar-refractivity contribution in [3.63, 3.8) is 0 Å². The molecule has 0 aliphatic heterocycles. The van der Waals surface area contributed by atoms with Crippen molar-refractivity contribution >= 4 is 39.9 Å². The van der Waals surface area contributed by atoms with Crippen LogP contribution in [0.3, 0.4) is 0 Å². The summed E-state index contributed by atoms with van der Waals surface area (Å²) in [5.41, 5.74) is 0.113. The largest absolute Gasteiger partial charge is 0.386 e. The molecule has 30 heavy (non-hydrogen) atoms. The summed E-state index contributed by atoms with van der Waals surface area (Å²) in [6.07, 6.45) is 1.44. The van der Waals surface area contributed by atoms with Gasteiger partial charge in [-0.1, -0.05) is 35.3 Å². The van der Waals surface area contributed by atoms with E-state index < -0.39 is 16.6 Å². The first-order chi connectivity index (χ1) is 14.4. The van der Waals surface area contributed by atoms with Gasteiger partial charge in [-0.25, -0.2) is 9.67 Å². The number of hydrogen-bond donors (Lipinski definition) is 1. The van der Waals surface area contributed by atoms with Crippen LogP contribution < -0.4 is 5.56 Å². The molecule has 1 atom stereocenters. The number of benzene rings is 2. The van der Waals surface area contributed by atoms with Gasteiger partial charge in [0.15, 0.2) is 5.65 Å². The highest BCUT2D eigenvalue weighted by molar-refractivity contribution is 6.33. The first-order valence-electron chi connectivity index (χ1n) is 8.67. The molecule has 11 heteroatoms. The van der Waals surface area contributed by atoms with Crippen LogP contribution in [0.15, 0.2) is 59.8 Å². The van der Waals surface area contributed by atoms with Crippen LogP contribution in [0, 0.1) is 10.1 Å². The van der Waals surface area contributed by atoms with E-state index in [0.29, 0.717) is 15.6 Å². The standard InChI is InChI=1S/C19H13Cl2N5O4/c20-11-5-6-14(21)12(7-11)17(27)9-24-10-22-18-13(19(24)28)8-23-25(18)15-3-1-2-4-16(15)26(29)30/h1-8,10,17,27H,9H2. The minimum atomic E-state index is -1.10. The molecule has 0 spiro atoms. The fourth-order valence-corrected chi connectivity index (χ4v) is 3.53. The summed E-state index contributed by atoms with van der Waals surface area (Å²) >= 11 is 12.1. The molecule has 1 unspecified atom stereocenters. The first-order valence-corrected chi connectivity index (χ1v) is 9.42. The van der Waals surface area contributed by atoms with Crippen molar-refractivity contribution in [2.45, 2.75) is 12.6 Å². The van der Waals surface area contributed by atoms with Gasteiger partial charge in [0.2, 0.25) is 0 Å².